The van der Waals surface area contributed by atoms with Gasteiger partial charge in [-0.05, 0) is 44.9 Å². The zero-order valence-electron chi connectivity index (χ0n) is 11.9. The molecule has 0 saturated heterocycles. The van der Waals surface area contributed by atoms with Gasteiger partial charge in [-0.15, -0.1) is 0 Å². The second kappa shape index (κ2) is 5.43. The summed E-state index contributed by atoms with van der Waals surface area (Å²) >= 11 is 0. The zero-order valence-corrected chi connectivity index (χ0v) is 11.9. The van der Waals surface area contributed by atoms with Gasteiger partial charge in [0.25, 0.3) is 0 Å². The van der Waals surface area contributed by atoms with Crippen molar-refractivity contribution in [2.24, 2.45) is 7.05 Å². The summed E-state index contributed by atoms with van der Waals surface area (Å²) in [4.78, 5) is 0. The predicted molar refractivity (Wildman–Crippen MR) is 75.9 cm³/mol. The Balaban J connectivity index is 2.05. The Bertz CT molecular complexity index is 558. The van der Waals surface area contributed by atoms with Gasteiger partial charge in [-0.1, -0.05) is 12.1 Å². The van der Waals surface area contributed by atoms with Crippen LogP contribution >= 0.6 is 0 Å². The third kappa shape index (κ3) is 3.13. The average Bonchev–Trinajstić information content (AvgIpc) is 2.59. The van der Waals surface area contributed by atoms with Gasteiger partial charge in [-0.3, -0.25) is 4.68 Å². The molecule has 1 aromatic carbocycles. The Labute approximate surface area is 113 Å². The van der Waals surface area contributed by atoms with Crippen LogP contribution in [0.1, 0.15) is 23.9 Å². The standard InChI is InChI=1S/C15H20FN3/c1-10(9-13-5-7-14(16)8-6-13)17-15-11(2)18-19(4)12(15)3/h5-8,10,17H,9H2,1-4H3. The van der Waals surface area contributed by atoms with Crippen molar-refractivity contribution in [3.63, 3.8) is 0 Å². The first-order valence-electron chi connectivity index (χ1n) is 6.48. The summed E-state index contributed by atoms with van der Waals surface area (Å²) in [5, 5.41) is 7.87. The molecule has 0 fully saturated rings. The quantitative estimate of drug-likeness (QED) is 0.915. The molecule has 1 N–H and O–H groups in total. The van der Waals surface area contributed by atoms with Crippen molar-refractivity contribution in [3.05, 3.63) is 47.0 Å². The lowest BCUT2D eigenvalue weighted by atomic mass is 10.1. The van der Waals surface area contributed by atoms with Gasteiger partial charge in [-0.25, -0.2) is 4.39 Å². The van der Waals surface area contributed by atoms with Gasteiger partial charge in [-0.2, -0.15) is 5.10 Å². The lowest BCUT2D eigenvalue weighted by molar-refractivity contribution is 0.626. The highest BCUT2D eigenvalue weighted by atomic mass is 19.1. The fourth-order valence-electron chi connectivity index (χ4n) is 2.25. The van der Waals surface area contributed by atoms with Crippen LogP contribution in [-0.4, -0.2) is 15.8 Å². The molecular formula is C15H20FN3. The summed E-state index contributed by atoms with van der Waals surface area (Å²) in [7, 11) is 1.94. The van der Waals surface area contributed by atoms with Crippen LogP contribution in [0.25, 0.3) is 0 Å². The molecule has 1 atom stereocenters. The molecule has 1 aromatic heterocycles. The second-order valence-electron chi connectivity index (χ2n) is 5.05. The fourth-order valence-corrected chi connectivity index (χ4v) is 2.25. The number of benzene rings is 1. The monoisotopic (exact) mass is 261 g/mol. The third-order valence-corrected chi connectivity index (χ3v) is 3.35. The minimum absolute atomic E-state index is 0.191. The molecule has 2 aromatic rings. The van der Waals surface area contributed by atoms with Crippen LogP contribution in [0.2, 0.25) is 0 Å². The van der Waals surface area contributed by atoms with Crippen LogP contribution in [-0.2, 0) is 13.5 Å². The average molecular weight is 261 g/mol. The molecule has 0 saturated carbocycles. The number of anilines is 1. The highest BCUT2D eigenvalue weighted by molar-refractivity contribution is 5.52. The first-order chi connectivity index (χ1) is 8.97. The van der Waals surface area contributed by atoms with Crippen molar-refractivity contribution in [1.29, 1.82) is 0 Å². The maximum absolute atomic E-state index is 12.9. The van der Waals surface area contributed by atoms with E-state index in [1.54, 1.807) is 0 Å². The third-order valence-electron chi connectivity index (χ3n) is 3.35. The van der Waals surface area contributed by atoms with Crippen molar-refractivity contribution >= 4 is 5.69 Å². The SMILES string of the molecule is Cc1nn(C)c(C)c1NC(C)Cc1ccc(F)cc1. The molecule has 0 bridgehead atoms. The van der Waals surface area contributed by atoms with E-state index in [0.717, 1.165) is 29.1 Å². The van der Waals surface area contributed by atoms with Crippen LogP contribution in [0.3, 0.4) is 0 Å². The maximum atomic E-state index is 12.9. The van der Waals surface area contributed by atoms with Crippen molar-refractivity contribution in [2.45, 2.75) is 33.2 Å². The molecule has 0 aliphatic carbocycles. The van der Waals surface area contributed by atoms with E-state index in [4.69, 9.17) is 0 Å². The summed E-state index contributed by atoms with van der Waals surface area (Å²) in [6.45, 7) is 6.17. The number of rotatable bonds is 4. The number of nitrogens with one attached hydrogen (secondary N) is 1. The number of aromatic nitrogens is 2. The molecule has 0 amide bonds. The van der Waals surface area contributed by atoms with E-state index >= 15 is 0 Å². The molecule has 2 rings (SSSR count). The van der Waals surface area contributed by atoms with E-state index in [9.17, 15) is 4.39 Å². The molecule has 4 heteroatoms. The number of nitrogens with zero attached hydrogens (tertiary/aromatic N) is 2. The van der Waals surface area contributed by atoms with Crippen molar-refractivity contribution < 1.29 is 4.39 Å². The maximum Gasteiger partial charge on any atom is 0.123 e. The van der Waals surface area contributed by atoms with Gasteiger partial charge in [0.05, 0.1) is 17.1 Å². The molecule has 19 heavy (non-hydrogen) atoms. The number of hydrogen-bond donors (Lipinski definition) is 1. The highest BCUT2D eigenvalue weighted by Gasteiger charge is 2.12. The zero-order chi connectivity index (χ0) is 14.0. The van der Waals surface area contributed by atoms with Crippen LogP contribution < -0.4 is 5.32 Å². The van der Waals surface area contributed by atoms with E-state index < -0.39 is 0 Å². The van der Waals surface area contributed by atoms with Gasteiger partial charge < -0.3 is 5.32 Å². The van der Waals surface area contributed by atoms with Crippen molar-refractivity contribution in [3.8, 4) is 0 Å². The lowest BCUT2D eigenvalue weighted by Crippen LogP contribution is -2.19. The van der Waals surface area contributed by atoms with E-state index in [-0.39, 0.29) is 11.9 Å². The van der Waals surface area contributed by atoms with E-state index in [0.29, 0.717) is 0 Å². The van der Waals surface area contributed by atoms with Gasteiger partial charge in [0.15, 0.2) is 0 Å². The molecule has 3 nitrogen and oxygen atoms in total. The number of halogens is 1. The Morgan fingerprint density at radius 2 is 1.89 bits per heavy atom. The summed E-state index contributed by atoms with van der Waals surface area (Å²) < 4.78 is 14.7. The first kappa shape index (κ1) is 13.6. The van der Waals surface area contributed by atoms with Crippen LogP contribution in [0.4, 0.5) is 10.1 Å². The molecule has 0 radical (unpaired) electrons. The lowest BCUT2D eigenvalue weighted by Gasteiger charge is -2.15. The van der Waals surface area contributed by atoms with Gasteiger partial charge in [0.1, 0.15) is 5.82 Å². The first-order valence-corrected chi connectivity index (χ1v) is 6.48. The topological polar surface area (TPSA) is 29.9 Å². The normalized spacial score (nSPS) is 12.5. The smallest absolute Gasteiger partial charge is 0.123 e. The summed E-state index contributed by atoms with van der Waals surface area (Å²) in [6, 6.07) is 6.94. The molecule has 1 heterocycles. The fraction of sp³-hybridized carbons (Fsp3) is 0.400. The summed E-state index contributed by atoms with van der Waals surface area (Å²) in [5.74, 6) is -0.191. The van der Waals surface area contributed by atoms with Gasteiger partial charge >= 0.3 is 0 Å². The Morgan fingerprint density at radius 3 is 2.42 bits per heavy atom. The largest absolute Gasteiger partial charge is 0.379 e. The van der Waals surface area contributed by atoms with E-state index in [1.165, 1.54) is 12.1 Å². The second-order valence-corrected chi connectivity index (χ2v) is 5.05. The number of hydrogen-bond acceptors (Lipinski definition) is 2. The van der Waals surface area contributed by atoms with Crippen molar-refractivity contribution in [2.75, 3.05) is 5.32 Å². The molecule has 0 spiro atoms. The molecule has 1 unspecified atom stereocenters. The molecule has 0 aliphatic heterocycles. The van der Waals surface area contributed by atoms with Crippen LogP contribution in [0.5, 0.6) is 0 Å². The number of aryl methyl sites for hydroxylation is 2. The molecule has 102 valence electrons. The Morgan fingerprint density at radius 1 is 1.26 bits per heavy atom. The summed E-state index contributed by atoms with van der Waals surface area (Å²) in [6.07, 6.45) is 0.855. The molecular weight excluding hydrogens is 241 g/mol. The Kier molecular flexibility index (Phi) is 3.88. The van der Waals surface area contributed by atoms with Crippen LogP contribution in [0, 0.1) is 19.7 Å². The van der Waals surface area contributed by atoms with Crippen LogP contribution in [0.15, 0.2) is 24.3 Å². The van der Waals surface area contributed by atoms with E-state index in [1.807, 2.05) is 37.7 Å². The molecule has 0 aliphatic rings. The predicted octanol–water partition coefficient (Wildman–Crippen LogP) is 3.22. The van der Waals surface area contributed by atoms with Crippen molar-refractivity contribution in [1.82, 2.24) is 9.78 Å². The van der Waals surface area contributed by atoms with Gasteiger partial charge in [0.2, 0.25) is 0 Å². The Hall–Kier alpha value is -1.84. The van der Waals surface area contributed by atoms with E-state index in [2.05, 4.69) is 17.3 Å². The van der Waals surface area contributed by atoms with Gasteiger partial charge in [0, 0.05) is 13.1 Å². The minimum Gasteiger partial charge on any atom is -0.379 e. The highest BCUT2D eigenvalue weighted by Crippen LogP contribution is 2.20. The minimum atomic E-state index is -0.191. The summed E-state index contributed by atoms with van der Waals surface area (Å²) in [5.41, 5.74) is 4.35.